The summed E-state index contributed by atoms with van der Waals surface area (Å²) in [4.78, 5) is 2.52. The van der Waals surface area contributed by atoms with E-state index in [-0.39, 0.29) is 0 Å². The molecule has 136 valence electrons. The van der Waals surface area contributed by atoms with Gasteiger partial charge in [0.2, 0.25) is 0 Å². The Morgan fingerprint density at radius 2 is 1.85 bits per heavy atom. The molecule has 0 saturated carbocycles. The molecule has 0 unspecified atom stereocenters. The minimum atomic E-state index is 0.421. The van der Waals surface area contributed by atoms with Crippen LogP contribution in [0.25, 0.3) is 10.8 Å². The average Bonchev–Trinajstić information content (AvgIpc) is 3.31. The third kappa shape index (κ3) is 3.86. The molecule has 1 saturated heterocycles. The zero-order chi connectivity index (χ0) is 17.8. The van der Waals surface area contributed by atoms with Gasteiger partial charge in [-0.2, -0.15) is 0 Å². The standard InChI is InChI=1S/C20H24N4OS/c1-23-19(21-22-20(23)26-14-13-24-11-4-5-12-24)15-25-18-10-6-8-16-7-2-3-9-17(16)18/h2-3,6-10H,4-5,11-15H2,1H3. The first-order chi connectivity index (χ1) is 12.8. The van der Waals surface area contributed by atoms with Crippen molar-refractivity contribution in [1.29, 1.82) is 0 Å². The smallest absolute Gasteiger partial charge is 0.191 e. The van der Waals surface area contributed by atoms with Gasteiger partial charge in [0.1, 0.15) is 12.4 Å². The van der Waals surface area contributed by atoms with Gasteiger partial charge in [-0.1, -0.05) is 48.2 Å². The Bertz CT molecular complexity index is 868. The van der Waals surface area contributed by atoms with Crippen LogP contribution in [-0.2, 0) is 13.7 Å². The van der Waals surface area contributed by atoms with Crippen molar-refractivity contribution in [3.63, 3.8) is 0 Å². The summed E-state index contributed by atoms with van der Waals surface area (Å²) in [6, 6.07) is 14.4. The van der Waals surface area contributed by atoms with Crippen molar-refractivity contribution in [2.75, 3.05) is 25.4 Å². The van der Waals surface area contributed by atoms with Gasteiger partial charge in [0, 0.05) is 24.7 Å². The van der Waals surface area contributed by atoms with Gasteiger partial charge in [-0.25, -0.2) is 0 Å². The van der Waals surface area contributed by atoms with E-state index in [1.807, 2.05) is 35.9 Å². The van der Waals surface area contributed by atoms with E-state index < -0.39 is 0 Å². The van der Waals surface area contributed by atoms with Gasteiger partial charge in [-0.05, 0) is 37.4 Å². The zero-order valence-electron chi connectivity index (χ0n) is 15.1. The van der Waals surface area contributed by atoms with E-state index in [0.717, 1.165) is 34.4 Å². The maximum atomic E-state index is 6.04. The molecule has 2 heterocycles. The molecule has 1 aliphatic heterocycles. The summed E-state index contributed by atoms with van der Waals surface area (Å²) in [7, 11) is 2.01. The quantitative estimate of drug-likeness (QED) is 0.595. The molecule has 0 spiro atoms. The Hall–Kier alpha value is -2.05. The summed E-state index contributed by atoms with van der Waals surface area (Å²) >= 11 is 1.77. The van der Waals surface area contributed by atoms with E-state index in [1.165, 1.54) is 31.3 Å². The molecule has 2 aromatic carbocycles. The SMILES string of the molecule is Cn1c(COc2cccc3ccccc23)nnc1SCCN1CCCC1. The molecular formula is C20H24N4OS. The Morgan fingerprint density at radius 3 is 2.73 bits per heavy atom. The first-order valence-corrected chi connectivity index (χ1v) is 10.1. The molecule has 4 rings (SSSR count). The number of hydrogen-bond donors (Lipinski definition) is 0. The lowest BCUT2D eigenvalue weighted by atomic mass is 10.1. The molecule has 1 aliphatic rings. The van der Waals surface area contributed by atoms with Gasteiger partial charge in [0.25, 0.3) is 0 Å². The number of thioether (sulfide) groups is 1. The third-order valence-corrected chi connectivity index (χ3v) is 5.87. The molecule has 0 atom stereocenters. The molecule has 1 fully saturated rings. The van der Waals surface area contributed by atoms with Gasteiger partial charge >= 0.3 is 0 Å². The minimum Gasteiger partial charge on any atom is -0.485 e. The summed E-state index contributed by atoms with van der Waals surface area (Å²) in [6.07, 6.45) is 2.68. The Labute approximate surface area is 158 Å². The van der Waals surface area contributed by atoms with Crippen molar-refractivity contribution in [2.24, 2.45) is 7.05 Å². The summed E-state index contributed by atoms with van der Waals surface area (Å²) in [5.41, 5.74) is 0. The molecule has 0 aliphatic carbocycles. The van der Waals surface area contributed by atoms with Crippen molar-refractivity contribution < 1.29 is 4.74 Å². The fourth-order valence-corrected chi connectivity index (χ4v) is 4.26. The maximum Gasteiger partial charge on any atom is 0.191 e. The summed E-state index contributed by atoms with van der Waals surface area (Å²) < 4.78 is 8.09. The van der Waals surface area contributed by atoms with E-state index >= 15 is 0 Å². The van der Waals surface area contributed by atoms with Gasteiger partial charge in [0.05, 0.1) is 0 Å². The van der Waals surface area contributed by atoms with Crippen LogP contribution in [-0.4, -0.2) is 45.1 Å². The Balaban J connectivity index is 1.37. The van der Waals surface area contributed by atoms with Crippen LogP contribution in [0.15, 0.2) is 47.6 Å². The minimum absolute atomic E-state index is 0.421. The van der Waals surface area contributed by atoms with Crippen molar-refractivity contribution in [1.82, 2.24) is 19.7 Å². The normalized spacial score (nSPS) is 15.0. The highest BCUT2D eigenvalue weighted by Gasteiger charge is 2.13. The van der Waals surface area contributed by atoms with Gasteiger partial charge in [-0.3, -0.25) is 0 Å². The van der Waals surface area contributed by atoms with Crippen LogP contribution >= 0.6 is 11.8 Å². The fourth-order valence-electron chi connectivity index (χ4n) is 3.33. The first kappa shape index (κ1) is 17.4. The van der Waals surface area contributed by atoms with Crippen LogP contribution in [0.2, 0.25) is 0 Å². The molecule has 26 heavy (non-hydrogen) atoms. The lowest BCUT2D eigenvalue weighted by Crippen LogP contribution is -2.22. The van der Waals surface area contributed by atoms with Crippen LogP contribution in [0.1, 0.15) is 18.7 Å². The summed E-state index contributed by atoms with van der Waals surface area (Å²) in [5.74, 6) is 2.78. The van der Waals surface area contributed by atoms with Gasteiger partial charge in [0.15, 0.2) is 11.0 Å². The molecule has 0 radical (unpaired) electrons. The molecular weight excluding hydrogens is 344 g/mol. The van der Waals surface area contributed by atoms with E-state index in [9.17, 15) is 0 Å². The number of aromatic nitrogens is 3. The van der Waals surface area contributed by atoms with Crippen LogP contribution in [0.3, 0.4) is 0 Å². The lowest BCUT2D eigenvalue weighted by molar-refractivity contribution is 0.294. The monoisotopic (exact) mass is 368 g/mol. The molecule has 6 heteroatoms. The topological polar surface area (TPSA) is 43.2 Å². The second-order valence-corrected chi connectivity index (χ2v) is 7.68. The van der Waals surface area contributed by atoms with Gasteiger partial charge < -0.3 is 14.2 Å². The second kappa shape index (κ2) is 8.10. The largest absolute Gasteiger partial charge is 0.485 e. The van der Waals surface area contributed by atoms with E-state index in [4.69, 9.17) is 4.74 Å². The molecule has 3 aromatic rings. The number of fused-ring (bicyclic) bond motifs is 1. The van der Waals surface area contributed by atoms with Crippen LogP contribution in [0.4, 0.5) is 0 Å². The van der Waals surface area contributed by atoms with E-state index in [1.54, 1.807) is 11.8 Å². The fraction of sp³-hybridized carbons (Fsp3) is 0.400. The van der Waals surface area contributed by atoms with E-state index in [2.05, 4.69) is 33.3 Å². The number of benzene rings is 2. The average molecular weight is 369 g/mol. The number of hydrogen-bond acceptors (Lipinski definition) is 5. The van der Waals surface area contributed by atoms with Crippen molar-refractivity contribution in [3.05, 3.63) is 48.3 Å². The van der Waals surface area contributed by atoms with Crippen LogP contribution < -0.4 is 4.74 Å². The zero-order valence-corrected chi connectivity index (χ0v) is 15.9. The number of ether oxygens (including phenoxy) is 1. The highest BCUT2D eigenvalue weighted by Crippen LogP contribution is 2.26. The van der Waals surface area contributed by atoms with Crippen molar-refractivity contribution >= 4 is 22.5 Å². The van der Waals surface area contributed by atoms with Gasteiger partial charge in [-0.15, -0.1) is 10.2 Å². The lowest BCUT2D eigenvalue weighted by Gasteiger charge is -2.13. The van der Waals surface area contributed by atoms with Crippen LogP contribution in [0.5, 0.6) is 5.75 Å². The highest BCUT2D eigenvalue weighted by atomic mass is 32.2. The highest BCUT2D eigenvalue weighted by molar-refractivity contribution is 7.99. The number of nitrogens with zero attached hydrogens (tertiary/aromatic N) is 4. The molecule has 1 aromatic heterocycles. The number of rotatable bonds is 7. The molecule has 0 amide bonds. The number of likely N-dealkylation sites (tertiary alicyclic amines) is 1. The second-order valence-electron chi connectivity index (χ2n) is 6.62. The predicted octanol–water partition coefficient (Wildman–Crippen LogP) is 3.74. The predicted molar refractivity (Wildman–Crippen MR) is 106 cm³/mol. The van der Waals surface area contributed by atoms with E-state index in [0.29, 0.717) is 6.61 Å². The van der Waals surface area contributed by atoms with Crippen LogP contribution in [0, 0.1) is 0 Å². The molecule has 0 bridgehead atoms. The third-order valence-electron chi connectivity index (χ3n) is 4.87. The van der Waals surface area contributed by atoms with Crippen molar-refractivity contribution in [2.45, 2.75) is 24.6 Å². The maximum absolute atomic E-state index is 6.04. The molecule has 5 nitrogen and oxygen atoms in total. The first-order valence-electron chi connectivity index (χ1n) is 9.15. The molecule has 0 N–H and O–H groups in total. The Morgan fingerprint density at radius 1 is 1.04 bits per heavy atom. The van der Waals surface area contributed by atoms with Crippen molar-refractivity contribution in [3.8, 4) is 5.75 Å². The summed E-state index contributed by atoms with van der Waals surface area (Å²) in [5, 5.41) is 11.9. The summed E-state index contributed by atoms with van der Waals surface area (Å²) in [6.45, 7) is 4.02. The Kier molecular flexibility index (Phi) is 5.41.